The molecule has 142 valence electrons. The van der Waals surface area contributed by atoms with Crippen molar-refractivity contribution in [3.8, 4) is 0 Å². The second-order valence-electron chi connectivity index (χ2n) is 6.95. The van der Waals surface area contributed by atoms with Crippen LogP contribution in [-0.2, 0) is 17.6 Å². The second kappa shape index (κ2) is 9.11. The highest BCUT2D eigenvalue weighted by Crippen LogP contribution is 2.22. The van der Waals surface area contributed by atoms with Gasteiger partial charge in [-0.2, -0.15) is 0 Å². The summed E-state index contributed by atoms with van der Waals surface area (Å²) in [5.74, 6) is 0.0753. The largest absolute Gasteiger partial charge is 0.354 e. The number of nitrogens with zero attached hydrogens (tertiary/aromatic N) is 2. The van der Waals surface area contributed by atoms with Gasteiger partial charge in [-0.15, -0.1) is 11.3 Å². The maximum atomic E-state index is 12.3. The van der Waals surface area contributed by atoms with Crippen LogP contribution in [0.1, 0.15) is 35.5 Å². The van der Waals surface area contributed by atoms with Crippen molar-refractivity contribution in [1.29, 1.82) is 0 Å². The van der Waals surface area contributed by atoms with Gasteiger partial charge in [0.2, 0.25) is 5.91 Å². The average Bonchev–Trinajstić information content (AvgIpc) is 3.10. The van der Waals surface area contributed by atoms with Crippen LogP contribution in [0.4, 0.5) is 0 Å². The van der Waals surface area contributed by atoms with Crippen molar-refractivity contribution in [3.63, 3.8) is 0 Å². The monoisotopic (exact) mass is 381 g/mol. The predicted octanol–water partition coefficient (Wildman–Crippen LogP) is 4.21. The van der Waals surface area contributed by atoms with E-state index in [0.717, 1.165) is 16.9 Å². The molecule has 1 heterocycles. The van der Waals surface area contributed by atoms with Crippen LogP contribution in [0.2, 0.25) is 0 Å². The third-order valence-corrected chi connectivity index (χ3v) is 5.89. The molecule has 0 aliphatic heterocycles. The molecule has 1 aromatic heterocycles. The summed E-state index contributed by atoms with van der Waals surface area (Å²) in [6.45, 7) is 2.77. The fourth-order valence-electron chi connectivity index (χ4n) is 3.12. The number of aromatic nitrogens is 1. The van der Waals surface area contributed by atoms with Gasteiger partial charge in [0, 0.05) is 19.4 Å². The molecule has 2 aromatic carbocycles. The highest BCUT2D eigenvalue weighted by Gasteiger charge is 2.15. The Balaban J connectivity index is 1.54. The molecule has 0 aliphatic rings. The molecule has 0 bridgehead atoms. The standard InChI is InChI=1S/C22H27N3OS/c1-4-16-9-11-17(12-10-16)19(25(2)3)15-23-21(26)13-14-22-24-18-7-5-6-8-20(18)27-22/h5-12,19H,4,13-15H2,1-3H3,(H,23,26). The number of rotatable bonds is 8. The summed E-state index contributed by atoms with van der Waals surface area (Å²) in [4.78, 5) is 19.1. The topological polar surface area (TPSA) is 45.2 Å². The summed E-state index contributed by atoms with van der Waals surface area (Å²) in [5.41, 5.74) is 3.57. The summed E-state index contributed by atoms with van der Waals surface area (Å²) in [6.07, 6.45) is 2.19. The number of fused-ring (bicyclic) bond motifs is 1. The minimum atomic E-state index is 0.0753. The molecule has 1 N–H and O–H groups in total. The molecule has 0 fully saturated rings. The Bertz CT molecular complexity index is 853. The first-order valence-corrected chi connectivity index (χ1v) is 10.2. The van der Waals surface area contributed by atoms with Crippen molar-refractivity contribution >= 4 is 27.5 Å². The fourth-order valence-corrected chi connectivity index (χ4v) is 4.09. The van der Waals surface area contributed by atoms with Gasteiger partial charge in [-0.25, -0.2) is 4.98 Å². The van der Waals surface area contributed by atoms with E-state index in [1.165, 1.54) is 15.8 Å². The number of carbonyl (C=O) groups excluding carboxylic acids is 1. The highest BCUT2D eigenvalue weighted by molar-refractivity contribution is 7.18. The maximum absolute atomic E-state index is 12.3. The zero-order chi connectivity index (χ0) is 19.2. The highest BCUT2D eigenvalue weighted by atomic mass is 32.1. The van der Waals surface area contributed by atoms with Crippen molar-refractivity contribution < 1.29 is 4.79 Å². The first-order valence-electron chi connectivity index (χ1n) is 9.43. The number of likely N-dealkylation sites (N-methyl/N-ethyl adjacent to an activating group) is 1. The maximum Gasteiger partial charge on any atom is 0.220 e. The summed E-state index contributed by atoms with van der Waals surface area (Å²) in [5, 5.41) is 4.11. The van der Waals surface area contributed by atoms with Gasteiger partial charge < -0.3 is 10.2 Å². The number of para-hydroxylation sites is 1. The van der Waals surface area contributed by atoms with E-state index in [4.69, 9.17) is 0 Å². The SMILES string of the molecule is CCc1ccc(C(CNC(=O)CCc2nc3ccccc3s2)N(C)C)cc1. The van der Waals surface area contributed by atoms with Crippen LogP contribution in [0.15, 0.2) is 48.5 Å². The van der Waals surface area contributed by atoms with Gasteiger partial charge >= 0.3 is 0 Å². The Labute approximate surface area is 165 Å². The van der Waals surface area contributed by atoms with Crippen LogP contribution in [0.5, 0.6) is 0 Å². The Morgan fingerprint density at radius 3 is 2.56 bits per heavy atom. The van der Waals surface area contributed by atoms with E-state index in [2.05, 4.69) is 52.5 Å². The lowest BCUT2D eigenvalue weighted by atomic mass is 10.0. The van der Waals surface area contributed by atoms with Gasteiger partial charge in [-0.3, -0.25) is 4.79 Å². The molecule has 27 heavy (non-hydrogen) atoms. The molecule has 1 unspecified atom stereocenters. The molecule has 4 nitrogen and oxygen atoms in total. The van der Waals surface area contributed by atoms with Crippen molar-refractivity contribution in [2.75, 3.05) is 20.6 Å². The minimum absolute atomic E-state index is 0.0753. The van der Waals surface area contributed by atoms with Crippen molar-refractivity contribution in [3.05, 3.63) is 64.7 Å². The van der Waals surface area contributed by atoms with Gasteiger partial charge in [0.15, 0.2) is 0 Å². The summed E-state index contributed by atoms with van der Waals surface area (Å²) < 4.78 is 1.18. The molecule has 5 heteroatoms. The predicted molar refractivity (Wildman–Crippen MR) is 113 cm³/mol. The Hall–Kier alpha value is -2.24. The first kappa shape index (κ1) is 19.5. The van der Waals surface area contributed by atoms with Gasteiger partial charge in [0.25, 0.3) is 0 Å². The number of nitrogens with one attached hydrogen (secondary N) is 1. The molecule has 0 radical (unpaired) electrons. The van der Waals surface area contributed by atoms with Crippen molar-refractivity contribution in [2.45, 2.75) is 32.2 Å². The first-order chi connectivity index (χ1) is 13.1. The van der Waals surface area contributed by atoms with Crippen LogP contribution >= 0.6 is 11.3 Å². The lowest BCUT2D eigenvalue weighted by Gasteiger charge is -2.25. The Kier molecular flexibility index (Phi) is 6.58. The van der Waals surface area contributed by atoms with Gasteiger partial charge in [-0.05, 0) is 43.8 Å². The molecule has 0 aliphatic carbocycles. The van der Waals surface area contributed by atoms with Crippen molar-refractivity contribution in [1.82, 2.24) is 15.2 Å². The zero-order valence-corrected chi connectivity index (χ0v) is 17.1. The molecule has 0 spiro atoms. The van der Waals surface area contributed by atoms with Crippen LogP contribution < -0.4 is 5.32 Å². The number of aryl methyl sites for hydroxylation is 2. The van der Waals surface area contributed by atoms with E-state index in [1.54, 1.807) is 11.3 Å². The molecule has 0 saturated carbocycles. The number of thiazole rings is 1. The Morgan fingerprint density at radius 1 is 1.15 bits per heavy atom. The van der Waals surface area contributed by atoms with Crippen LogP contribution in [0.3, 0.4) is 0 Å². The second-order valence-corrected chi connectivity index (χ2v) is 8.07. The van der Waals surface area contributed by atoms with Gasteiger partial charge in [0.05, 0.1) is 21.3 Å². The molecular weight excluding hydrogens is 354 g/mol. The summed E-state index contributed by atoms with van der Waals surface area (Å²) in [7, 11) is 4.09. The van der Waals surface area contributed by atoms with E-state index in [9.17, 15) is 4.79 Å². The van der Waals surface area contributed by atoms with E-state index >= 15 is 0 Å². The summed E-state index contributed by atoms with van der Waals surface area (Å²) in [6, 6.07) is 16.9. The lowest BCUT2D eigenvalue weighted by molar-refractivity contribution is -0.121. The zero-order valence-electron chi connectivity index (χ0n) is 16.2. The quantitative estimate of drug-likeness (QED) is 0.636. The fraction of sp³-hybridized carbons (Fsp3) is 0.364. The number of hydrogen-bond acceptors (Lipinski definition) is 4. The molecule has 1 amide bonds. The van der Waals surface area contributed by atoms with Crippen LogP contribution in [-0.4, -0.2) is 36.4 Å². The van der Waals surface area contributed by atoms with E-state index in [1.807, 2.05) is 32.3 Å². The third kappa shape index (κ3) is 5.15. The van der Waals surface area contributed by atoms with E-state index in [-0.39, 0.29) is 11.9 Å². The van der Waals surface area contributed by atoms with Crippen LogP contribution in [0, 0.1) is 0 Å². The third-order valence-electron chi connectivity index (χ3n) is 4.79. The summed E-state index contributed by atoms with van der Waals surface area (Å²) >= 11 is 1.67. The van der Waals surface area contributed by atoms with Gasteiger partial charge in [0.1, 0.15) is 0 Å². The lowest BCUT2D eigenvalue weighted by Crippen LogP contribution is -2.34. The molecule has 3 aromatic rings. The molecule has 3 rings (SSSR count). The van der Waals surface area contributed by atoms with Crippen LogP contribution in [0.25, 0.3) is 10.2 Å². The number of benzene rings is 2. The number of carbonyl (C=O) groups is 1. The normalized spacial score (nSPS) is 12.4. The van der Waals surface area contributed by atoms with E-state index < -0.39 is 0 Å². The minimum Gasteiger partial charge on any atom is -0.354 e. The average molecular weight is 382 g/mol. The molecular formula is C22H27N3OS. The van der Waals surface area contributed by atoms with E-state index in [0.29, 0.717) is 19.4 Å². The number of amides is 1. The smallest absolute Gasteiger partial charge is 0.220 e. The van der Waals surface area contributed by atoms with Crippen molar-refractivity contribution in [2.24, 2.45) is 0 Å². The Morgan fingerprint density at radius 2 is 1.89 bits per heavy atom. The van der Waals surface area contributed by atoms with Gasteiger partial charge in [-0.1, -0.05) is 43.3 Å². The molecule has 1 atom stereocenters. The molecule has 0 saturated heterocycles. The number of hydrogen-bond donors (Lipinski definition) is 1.